The van der Waals surface area contributed by atoms with Crippen molar-refractivity contribution in [2.75, 3.05) is 24.5 Å². The van der Waals surface area contributed by atoms with Crippen LogP contribution in [0.2, 0.25) is 5.02 Å². The molecule has 30 heavy (non-hydrogen) atoms. The monoisotopic (exact) mass is 423 g/mol. The minimum absolute atomic E-state index is 0.0346. The van der Waals surface area contributed by atoms with Gasteiger partial charge >= 0.3 is 0 Å². The van der Waals surface area contributed by atoms with Crippen molar-refractivity contribution in [3.8, 4) is 0 Å². The summed E-state index contributed by atoms with van der Waals surface area (Å²) in [6.07, 6.45) is 4.08. The zero-order chi connectivity index (χ0) is 20.7. The van der Waals surface area contributed by atoms with Crippen LogP contribution in [0, 0.1) is 5.92 Å². The Kier molecular flexibility index (Phi) is 4.90. The number of hydrogen-bond acceptors (Lipinski definition) is 4. The van der Waals surface area contributed by atoms with E-state index < -0.39 is 0 Å². The molecule has 3 aromatic rings. The van der Waals surface area contributed by atoms with Gasteiger partial charge in [-0.15, -0.1) is 10.2 Å². The molecule has 2 atom stereocenters. The Morgan fingerprint density at radius 1 is 1.10 bits per heavy atom. The van der Waals surface area contributed by atoms with Crippen molar-refractivity contribution in [3.05, 3.63) is 59.5 Å². The van der Waals surface area contributed by atoms with Gasteiger partial charge in [0.15, 0.2) is 5.65 Å². The van der Waals surface area contributed by atoms with Crippen LogP contribution >= 0.6 is 11.6 Å². The number of pyridine rings is 1. The lowest BCUT2D eigenvalue weighted by Gasteiger charge is -2.33. The minimum Gasteiger partial charge on any atom is -0.342 e. The number of hydrogen-bond donors (Lipinski definition) is 0. The van der Waals surface area contributed by atoms with E-state index in [1.165, 1.54) is 0 Å². The lowest BCUT2D eigenvalue weighted by atomic mass is 9.95. The molecular weight excluding hydrogens is 402 g/mol. The number of likely N-dealkylation sites (tertiary alicyclic amines) is 1. The van der Waals surface area contributed by atoms with Crippen LogP contribution < -0.4 is 4.90 Å². The first kappa shape index (κ1) is 19.1. The molecule has 7 nitrogen and oxygen atoms in total. The summed E-state index contributed by atoms with van der Waals surface area (Å²) in [7, 11) is 0. The van der Waals surface area contributed by atoms with Crippen molar-refractivity contribution in [2.45, 2.75) is 25.2 Å². The quantitative estimate of drug-likeness (QED) is 0.648. The van der Waals surface area contributed by atoms with E-state index in [9.17, 15) is 9.59 Å². The van der Waals surface area contributed by atoms with Crippen molar-refractivity contribution >= 4 is 34.7 Å². The van der Waals surface area contributed by atoms with Crippen LogP contribution in [-0.4, -0.2) is 50.9 Å². The van der Waals surface area contributed by atoms with E-state index in [4.69, 9.17) is 11.6 Å². The molecule has 2 aliphatic heterocycles. The number of halogens is 1. The number of fused-ring (bicyclic) bond motifs is 1. The first-order valence-corrected chi connectivity index (χ1v) is 10.6. The predicted molar refractivity (Wildman–Crippen MR) is 113 cm³/mol. The van der Waals surface area contributed by atoms with Gasteiger partial charge in [0, 0.05) is 48.9 Å². The summed E-state index contributed by atoms with van der Waals surface area (Å²) >= 11 is 6.07. The van der Waals surface area contributed by atoms with Crippen molar-refractivity contribution in [2.24, 2.45) is 5.92 Å². The Hall–Kier alpha value is -2.93. The molecule has 1 aromatic carbocycles. The molecule has 4 heterocycles. The third-order valence-electron chi connectivity index (χ3n) is 6.03. The average molecular weight is 424 g/mol. The van der Waals surface area contributed by atoms with Crippen LogP contribution in [0.5, 0.6) is 0 Å². The second-order valence-electron chi connectivity index (χ2n) is 8.00. The van der Waals surface area contributed by atoms with Crippen molar-refractivity contribution in [1.82, 2.24) is 19.5 Å². The summed E-state index contributed by atoms with van der Waals surface area (Å²) in [5.74, 6) is 0.719. The van der Waals surface area contributed by atoms with Gasteiger partial charge < -0.3 is 9.80 Å². The number of piperidine rings is 1. The standard InChI is InChI=1S/C22H22ClN5O2/c23-17-6-3-7-18(12-17)28-14-16(11-20(28)29)22(30)26-9-4-5-15(13-26)21-25-24-19-8-1-2-10-27(19)21/h1-3,6-8,10,12,15-16H,4-5,9,11,13-14H2. The highest BCUT2D eigenvalue weighted by atomic mass is 35.5. The number of amides is 2. The second-order valence-corrected chi connectivity index (χ2v) is 8.43. The molecule has 2 unspecified atom stereocenters. The number of anilines is 1. The molecular formula is C22H22ClN5O2. The number of carbonyl (C=O) groups is 2. The molecule has 2 saturated heterocycles. The number of aromatic nitrogens is 3. The molecule has 2 aromatic heterocycles. The molecule has 154 valence electrons. The third kappa shape index (κ3) is 3.43. The Bertz CT molecular complexity index is 1110. The SMILES string of the molecule is O=C(C1CC(=O)N(c2cccc(Cl)c2)C1)N1CCCC(c2nnc3ccccn23)C1. The van der Waals surface area contributed by atoms with Crippen molar-refractivity contribution < 1.29 is 9.59 Å². The van der Waals surface area contributed by atoms with E-state index in [2.05, 4.69) is 10.2 Å². The maximum absolute atomic E-state index is 13.2. The fraction of sp³-hybridized carbons (Fsp3) is 0.364. The zero-order valence-corrected chi connectivity index (χ0v) is 17.2. The van der Waals surface area contributed by atoms with E-state index >= 15 is 0 Å². The molecule has 5 rings (SSSR count). The van der Waals surface area contributed by atoms with Gasteiger partial charge in [0.25, 0.3) is 0 Å². The van der Waals surface area contributed by atoms with Crippen LogP contribution in [0.1, 0.15) is 31.0 Å². The lowest BCUT2D eigenvalue weighted by Crippen LogP contribution is -2.43. The van der Waals surface area contributed by atoms with E-state index in [0.29, 0.717) is 24.7 Å². The Morgan fingerprint density at radius 3 is 2.87 bits per heavy atom. The Labute approximate surface area is 179 Å². The molecule has 2 aliphatic rings. The van der Waals surface area contributed by atoms with Crippen LogP contribution in [-0.2, 0) is 9.59 Å². The minimum atomic E-state index is -0.328. The summed E-state index contributed by atoms with van der Waals surface area (Å²) < 4.78 is 2.00. The van der Waals surface area contributed by atoms with Gasteiger partial charge in [-0.2, -0.15) is 0 Å². The number of benzene rings is 1. The van der Waals surface area contributed by atoms with Gasteiger partial charge in [-0.25, -0.2) is 0 Å². The van der Waals surface area contributed by atoms with Crippen molar-refractivity contribution in [3.63, 3.8) is 0 Å². The third-order valence-corrected chi connectivity index (χ3v) is 6.27. The Morgan fingerprint density at radius 2 is 2.00 bits per heavy atom. The summed E-state index contributed by atoms with van der Waals surface area (Å²) in [5.41, 5.74) is 1.56. The molecule has 2 fully saturated rings. The highest BCUT2D eigenvalue weighted by Crippen LogP contribution is 2.31. The number of nitrogens with zero attached hydrogens (tertiary/aromatic N) is 5. The molecule has 2 amide bonds. The zero-order valence-electron chi connectivity index (χ0n) is 16.4. The number of rotatable bonds is 3. The fourth-order valence-corrected chi connectivity index (χ4v) is 4.74. The van der Waals surface area contributed by atoms with Gasteiger partial charge in [-0.3, -0.25) is 14.0 Å². The first-order valence-electron chi connectivity index (χ1n) is 10.2. The van der Waals surface area contributed by atoms with E-state index in [1.807, 2.05) is 45.8 Å². The van der Waals surface area contributed by atoms with E-state index in [-0.39, 0.29) is 30.1 Å². The van der Waals surface area contributed by atoms with Gasteiger partial charge in [-0.1, -0.05) is 23.7 Å². The summed E-state index contributed by atoms with van der Waals surface area (Å²) in [6.45, 7) is 1.72. The summed E-state index contributed by atoms with van der Waals surface area (Å²) in [5, 5.41) is 9.21. The number of carbonyl (C=O) groups excluding carboxylic acids is 2. The molecule has 0 radical (unpaired) electrons. The highest BCUT2D eigenvalue weighted by Gasteiger charge is 2.39. The van der Waals surface area contributed by atoms with Gasteiger partial charge in [0.2, 0.25) is 11.8 Å². The average Bonchev–Trinajstić information content (AvgIpc) is 3.37. The van der Waals surface area contributed by atoms with Crippen molar-refractivity contribution in [1.29, 1.82) is 0 Å². The predicted octanol–water partition coefficient (Wildman–Crippen LogP) is 3.14. The summed E-state index contributed by atoms with van der Waals surface area (Å²) in [6, 6.07) is 13.0. The normalized spacial score (nSPS) is 22.1. The maximum atomic E-state index is 13.2. The fourth-order valence-electron chi connectivity index (χ4n) is 4.55. The maximum Gasteiger partial charge on any atom is 0.228 e. The van der Waals surface area contributed by atoms with Crippen LogP contribution in [0.25, 0.3) is 5.65 Å². The topological polar surface area (TPSA) is 70.8 Å². The summed E-state index contributed by atoms with van der Waals surface area (Å²) in [4.78, 5) is 29.4. The van der Waals surface area contributed by atoms with Crippen LogP contribution in [0.3, 0.4) is 0 Å². The van der Waals surface area contributed by atoms with Crippen LogP contribution in [0.4, 0.5) is 5.69 Å². The molecule has 8 heteroatoms. The smallest absolute Gasteiger partial charge is 0.228 e. The van der Waals surface area contributed by atoms with E-state index in [1.54, 1.807) is 17.0 Å². The largest absolute Gasteiger partial charge is 0.342 e. The first-order chi connectivity index (χ1) is 14.6. The highest BCUT2D eigenvalue weighted by molar-refractivity contribution is 6.31. The van der Waals surface area contributed by atoms with Gasteiger partial charge in [-0.05, 0) is 43.2 Å². The molecule has 0 spiro atoms. The molecule has 0 bridgehead atoms. The van der Waals surface area contributed by atoms with E-state index in [0.717, 1.165) is 30.0 Å². The molecule has 0 N–H and O–H groups in total. The lowest BCUT2D eigenvalue weighted by molar-refractivity contribution is -0.137. The van der Waals surface area contributed by atoms with Gasteiger partial charge in [0.05, 0.1) is 5.92 Å². The Balaban J connectivity index is 1.31. The second kappa shape index (κ2) is 7.72. The van der Waals surface area contributed by atoms with Gasteiger partial charge in [0.1, 0.15) is 5.82 Å². The molecule has 0 aliphatic carbocycles. The van der Waals surface area contributed by atoms with Crippen LogP contribution in [0.15, 0.2) is 48.7 Å². The molecule has 0 saturated carbocycles.